The molecule has 1 amide bonds. The third kappa shape index (κ3) is 4.00. The molecule has 1 aromatic carbocycles. The fourth-order valence-corrected chi connectivity index (χ4v) is 5.11. The number of rotatable bonds is 2. The molecule has 1 atom stereocenters. The number of amides is 1. The minimum absolute atomic E-state index is 0.170. The minimum atomic E-state index is -0.421. The van der Waals surface area contributed by atoms with Crippen molar-refractivity contribution in [2.75, 3.05) is 13.1 Å². The standard InChI is InChI=1S/C21H29NO2S/c1-14(19-15(2)17-8-6-7-9-18(17)25-19)16-10-12-22(13-11-16)20(23)24-21(3,4)5/h6-9,14,16H,10-13H2,1-5H3/t14-/m0/s1. The molecule has 2 aromatic rings. The number of aryl methyl sites for hydroxylation is 1. The summed E-state index contributed by atoms with van der Waals surface area (Å²) in [6.07, 6.45) is 1.93. The molecular formula is C21H29NO2S. The normalized spacial score (nSPS) is 17.7. The zero-order valence-electron chi connectivity index (χ0n) is 16.0. The van der Waals surface area contributed by atoms with E-state index in [1.54, 1.807) is 0 Å². The van der Waals surface area contributed by atoms with Gasteiger partial charge in [-0.3, -0.25) is 0 Å². The molecular weight excluding hydrogens is 330 g/mol. The number of carbonyl (C=O) groups excluding carboxylic acids is 1. The highest BCUT2D eigenvalue weighted by Gasteiger charge is 2.30. The number of hydrogen-bond donors (Lipinski definition) is 0. The number of fused-ring (bicyclic) bond motifs is 1. The van der Waals surface area contributed by atoms with Crippen LogP contribution < -0.4 is 0 Å². The monoisotopic (exact) mass is 359 g/mol. The molecule has 0 spiro atoms. The molecule has 1 fully saturated rings. The largest absolute Gasteiger partial charge is 0.444 e. The Morgan fingerprint density at radius 3 is 2.48 bits per heavy atom. The van der Waals surface area contributed by atoms with Crippen LogP contribution in [0.25, 0.3) is 10.1 Å². The van der Waals surface area contributed by atoms with Gasteiger partial charge in [0.25, 0.3) is 0 Å². The molecule has 0 radical (unpaired) electrons. The van der Waals surface area contributed by atoms with Crippen molar-refractivity contribution >= 4 is 27.5 Å². The number of ether oxygens (including phenoxy) is 1. The van der Waals surface area contributed by atoms with Gasteiger partial charge in [-0.25, -0.2) is 4.79 Å². The van der Waals surface area contributed by atoms with Crippen LogP contribution in [0, 0.1) is 12.8 Å². The van der Waals surface area contributed by atoms with Gasteiger partial charge in [0.1, 0.15) is 5.60 Å². The first kappa shape index (κ1) is 18.2. The molecule has 0 unspecified atom stereocenters. The lowest BCUT2D eigenvalue weighted by Gasteiger charge is -2.35. The molecule has 0 aliphatic carbocycles. The molecule has 1 aliphatic heterocycles. The predicted octanol–water partition coefficient (Wildman–Crippen LogP) is 5.96. The lowest BCUT2D eigenvalue weighted by Crippen LogP contribution is -2.42. The van der Waals surface area contributed by atoms with Crippen molar-refractivity contribution < 1.29 is 9.53 Å². The third-order valence-electron chi connectivity index (χ3n) is 5.19. The van der Waals surface area contributed by atoms with Gasteiger partial charge in [0, 0.05) is 22.7 Å². The molecule has 1 aliphatic rings. The van der Waals surface area contributed by atoms with Crippen LogP contribution in [0.3, 0.4) is 0 Å². The van der Waals surface area contributed by atoms with Crippen LogP contribution in [-0.2, 0) is 4.74 Å². The second kappa shape index (κ2) is 6.99. The number of likely N-dealkylation sites (tertiary alicyclic amines) is 1. The Labute approximate surface area is 155 Å². The Kier molecular flexibility index (Phi) is 5.10. The van der Waals surface area contributed by atoms with Crippen molar-refractivity contribution in [1.82, 2.24) is 4.90 Å². The average molecular weight is 360 g/mol. The summed E-state index contributed by atoms with van der Waals surface area (Å²) < 4.78 is 6.89. The lowest BCUT2D eigenvalue weighted by molar-refractivity contribution is 0.0176. The summed E-state index contributed by atoms with van der Waals surface area (Å²) in [5.74, 6) is 1.17. The summed E-state index contributed by atoms with van der Waals surface area (Å²) in [5.41, 5.74) is 1.01. The van der Waals surface area contributed by atoms with E-state index in [1.807, 2.05) is 37.0 Å². The van der Waals surface area contributed by atoms with Gasteiger partial charge in [-0.15, -0.1) is 11.3 Å². The van der Waals surface area contributed by atoms with E-state index in [0.717, 1.165) is 25.9 Å². The van der Waals surface area contributed by atoms with Crippen LogP contribution in [0.5, 0.6) is 0 Å². The number of benzene rings is 1. The van der Waals surface area contributed by atoms with Crippen LogP contribution in [0.2, 0.25) is 0 Å². The van der Waals surface area contributed by atoms with Gasteiger partial charge in [0.2, 0.25) is 0 Å². The van der Waals surface area contributed by atoms with Crippen LogP contribution in [0.4, 0.5) is 4.79 Å². The van der Waals surface area contributed by atoms with Crippen molar-refractivity contribution in [2.24, 2.45) is 5.92 Å². The number of thiophene rings is 1. The molecule has 3 nitrogen and oxygen atoms in total. The Balaban J connectivity index is 1.66. The molecule has 2 heterocycles. The van der Waals surface area contributed by atoms with Gasteiger partial charge in [-0.1, -0.05) is 25.1 Å². The van der Waals surface area contributed by atoms with E-state index in [1.165, 1.54) is 20.5 Å². The number of nitrogens with zero attached hydrogens (tertiary/aromatic N) is 1. The first-order valence-corrected chi connectivity index (χ1v) is 10.0. The van der Waals surface area contributed by atoms with Gasteiger partial charge in [-0.2, -0.15) is 0 Å². The van der Waals surface area contributed by atoms with Crippen molar-refractivity contribution in [3.05, 3.63) is 34.7 Å². The van der Waals surface area contributed by atoms with Crippen LogP contribution in [0.15, 0.2) is 24.3 Å². The predicted molar refractivity (Wildman–Crippen MR) is 106 cm³/mol. The smallest absolute Gasteiger partial charge is 0.410 e. The molecule has 0 bridgehead atoms. The lowest BCUT2D eigenvalue weighted by atomic mass is 9.83. The van der Waals surface area contributed by atoms with E-state index in [9.17, 15) is 4.79 Å². The van der Waals surface area contributed by atoms with Crippen molar-refractivity contribution in [1.29, 1.82) is 0 Å². The number of piperidine rings is 1. The second-order valence-electron chi connectivity index (χ2n) is 8.18. The fourth-order valence-electron chi connectivity index (χ4n) is 3.75. The zero-order valence-corrected chi connectivity index (χ0v) is 16.8. The number of carbonyl (C=O) groups is 1. The van der Waals surface area contributed by atoms with E-state index in [0.29, 0.717) is 11.8 Å². The highest BCUT2D eigenvalue weighted by molar-refractivity contribution is 7.19. The maximum atomic E-state index is 12.2. The molecule has 3 rings (SSSR count). The SMILES string of the molecule is Cc1c([C@@H](C)C2CCN(C(=O)OC(C)(C)C)CC2)sc2ccccc12. The molecule has 4 heteroatoms. The van der Waals surface area contributed by atoms with E-state index in [4.69, 9.17) is 4.74 Å². The fraction of sp³-hybridized carbons (Fsp3) is 0.571. The Morgan fingerprint density at radius 2 is 1.88 bits per heavy atom. The Hall–Kier alpha value is -1.55. The quantitative estimate of drug-likeness (QED) is 0.662. The van der Waals surface area contributed by atoms with E-state index in [-0.39, 0.29) is 6.09 Å². The molecule has 1 saturated heterocycles. The third-order valence-corrected chi connectivity index (χ3v) is 6.67. The summed E-state index contributed by atoms with van der Waals surface area (Å²) in [6.45, 7) is 12.0. The van der Waals surface area contributed by atoms with Crippen molar-refractivity contribution in [2.45, 2.75) is 59.0 Å². The van der Waals surface area contributed by atoms with Crippen LogP contribution >= 0.6 is 11.3 Å². The minimum Gasteiger partial charge on any atom is -0.444 e. The first-order chi connectivity index (χ1) is 11.8. The van der Waals surface area contributed by atoms with Crippen molar-refractivity contribution in [3.8, 4) is 0 Å². The van der Waals surface area contributed by atoms with Gasteiger partial charge in [-0.05, 0) is 69.4 Å². The highest BCUT2D eigenvalue weighted by atomic mass is 32.1. The summed E-state index contributed by atoms with van der Waals surface area (Å²) in [7, 11) is 0. The van der Waals surface area contributed by atoms with E-state index >= 15 is 0 Å². The Bertz CT molecular complexity index is 751. The first-order valence-electron chi connectivity index (χ1n) is 9.22. The zero-order chi connectivity index (χ0) is 18.2. The average Bonchev–Trinajstić information content (AvgIpc) is 2.90. The van der Waals surface area contributed by atoms with Crippen LogP contribution in [0.1, 0.15) is 56.9 Å². The highest BCUT2D eigenvalue weighted by Crippen LogP contribution is 2.41. The second-order valence-corrected chi connectivity index (χ2v) is 9.26. The topological polar surface area (TPSA) is 29.5 Å². The van der Waals surface area contributed by atoms with E-state index < -0.39 is 5.60 Å². The number of hydrogen-bond acceptors (Lipinski definition) is 3. The van der Waals surface area contributed by atoms with Gasteiger partial charge in [0.05, 0.1) is 0 Å². The van der Waals surface area contributed by atoms with Crippen LogP contribution in [-0.4, -0.2) is 29.7 Å². The molecule has 25 heavy (non-hydrogen) atoms. The molecule has 0 N–H and O–H groups in total. The maximum absolute atomic E-state index is 12.2. The van der Waals surface area contributed by atoms with Gasteiger partial charge in [0.15, 0.2) is 0 Å². The van der Waals surface area contributed by atoms with Gasteiger partial charge < -0.3 is 9.64 Å². The molecule has 0 saturated carbocycles. The maximum Gasteiger partial charge on any atom is 0.410 e. The summed E-state index contributed by atoms with van der Waals surface area (Å²) in [6, 6.07) is 8.68. The van der Waals surface area contributed by atoms with Gasteiger partial charge >= 0.3 is 6.09 Å². The van der Waals surface area contributed by atoms with E-state index in [2.05, 4.69) is 38.1 Å². The molecule has 136 valence electrons. The summed E-state index contributed by atoms with van der Waals surface area (Å²) in [5, 5.41) is 1.39. The molecule has 1 aromatic heterocycles. The Morgan fingerprint density at radius 1 is 1.24 bits per heavy atom. The van der Waals surface area contributed by atoms with Crippen molar-refractivity contribution in [3.63, 3.8) is 0 Å². The summed E-state index contributed by atoms with van der Waals surface area (Å²) >= 11 is 1.94. The summed E-state index contributed by atoms with van der Waals surface area (Å²) in [4.78, 5) is 15.6.